The van der Waals surface area contributed by atoms with Gasteiger partial charge >= 0.3 is 0 Å². The van der Waals surface area contributed by atoms with Crippen LogP contribution in [0.15, 0.2) is 48.5 Å². The third-order valence-electron chi connectivity index (χ3n) is 2.60. The number of anilines is 2. The summed E-state index contributed by atoms with van der Waals surface area (Å²) in [5, 5.41) is 9.29. The minimum atomic E-state index is -3.55. The number of nitrogens with one attached hydrogen (secondary N) is 1. The van der Waals surface area contributed by atoms with Gasteiger partial charge in [-0.25, -0.2) is 8.42 Å². The van der Waals surface area contributed by atoms with Gasteiger partial charge in [0.25, 0.3) is 0 Å². The highest BCUT2D eigenvalue weighted by molar-refractivity contribution is 7.92. The number of hydrogen-bond acceptors (Lipinski definition) is 5. The summed E-state index contributed by atoms with van der Waals surface area (Å²) >= 11 is 0. The Morgan fingerprint density at radius 1 is 1.14 bits per heavy atom. The molecule has 0 amide bonds. The minimum absolute atomic E-state index is 0.00238. The van der Waals surface area contributed by atoms with Gasteiger partial charge in [0.1, 0.15) is 23.9 Å². The minimum Gasteiger partial charge on any atom is -0.508 e. The van der Waals surface area contributed by atoms with E-state index in [1.807, 2.05) is 0 Å². The van der Waals surface area contributed by atoms with Crippen LogP contribution in [0.4, 0.5) is 11.4 Å². The molecule has 0 bridgehead atoms. The molecule has 0 aliphatic rings. The lowest BCUT2D eigenvalue weighted by Gasteiger charge is -2.10. The summed E-state index contributed by atoms with van der Waals surface area (Å²) in [6.07, 6.45) is 0. The highest BCUT2D eigenvalue weighted by Crippen LogP contribution is 2.17. The number of ether oxygens (including phenoxy) is 1. The molecule has 21 heavy (non-hydrogen) atoms. The Labute approximate surface area is 123 Å². The molecule has 4 N–H and O–H groups in total. The van der Waals surface area contributed by atoms with Crippen LogP contribution in [0.3, 0.4) is 0 Å². The summed E-state index contributed by atoms with van der Waals surface area (Å²) in [5.74, 6) is 0.297. The second kappa shape index (κ2) is 6.36. The standard InChI is InChI=1S/C14H16N2O4S/c15-11-3-1-6-14(9-11)20-7-8-21(18,19)16-12-4-2-5-13(17)10-12/h1-6,9-10,16-17H,7-8,15H2. The fourth-order valence-corrected chi connectivity index (χ4v) is 2.56. The number of phenols is 1. The average molecular weight is 308 g/mol. The number of nitrogens with two attached hydrogens (primary N) is 1. The van der Waals surface area contributed by atoms with E-state index in [9.17, 15) is 13.5 Å². The third-order valence-corrected chi connectivity index (χ3v) is 3.85. The Morgan fingerprint density at radius 3 is 2.62 bits per heavy atom. The van der Waals surface area contributed by atoms with Gasteiger partial charge in [0.05, 0.1) is 5.69 Å². The Hall–Kier alpha value is -2.41. The van der Waals surface area contributed by atoms with Gasteiger partial charge in [0.15, 0.2) is 0 Å². The highest BCUT2D eigenvalue weighted by Gasteiger charge is 2.11. The molecule has 0 aliphatic heterocycles. The van der Waals surface area contributed by atoms with Crippen LogP contribution < -0.4 is 15.2 Å². The molecule has 0 heterocycles. The van der Waals surface area contributed by atoms with Crippen LogP contribution in [0.5, 0.6) is 11.5 Å². The van der Waals surface area contributed by atoms with E-state index in [0.717, 1.165) is 0 Å². The molecule has 2 aromatic carbocycles. The molecule has 0 atom stereocenters. The molecule has 2 rings (SSSR count). The SMILES string of the molecule is Nc1cccc(OCCS(=O)(=O)Nc2cccc(O)c2)c1. The first kappa shape index (κ1) is 15.0. The zero-order valence-corrected chi connectivity index (χ0v) is 12.0. The largest absolute Gasteiger partial charge is 0.508 e. The molecule has 0 fully saturated rings. The van der Waals surface area contributed by atoms with Crippen molar-refractivity contribution in [2.45, 2.75) is 0 Å². The van der Waals surface area contributed by atoms with Crippen molar-refractivity contribution in [3.8, 4) is 11.5 Å². The van der Waals surface area contributed by atoms with E-state index >= 15 is 0 Å². The van der Waals surface area contributed by atoms with Crippen molar-refractivity contribution in [3.05, 3.63) is 48.5 Å². The van der Waals surface area contributed by atoms with Gasteiger partial charge in [-0.1, -0.05) is 12.1 Å². The van der Waals surface area contributed by atoms with Crippen LogP contribution in [0.25, 0.3) is 0 Å². The van der Waals surface area contributed by atoms with Gasteiger partial charge in [-0.2, -0.15) is 0 Å². The van der Waals surface area contributed by atoms with Crippen LogP contribution >= 0.6 is 0 Å². The molecule has 0 saturated carbocycles. The third kappa shape index (κ3) is 4.88. The highest BCUT2D eigenvalue weighted by atomic mass is 32.2. The summed E-state index contributed by atoms with van der Waals surface area (Å²) < 4.78 is 31.4. The summed E-state index contributed by atoms with van der Waals surface area (Å²) in [5.41, 5.74) is 6.45. The molecule has 0 aromatic heterocycles. The van der Waals surface area contributed by atoms with E-state index in [0.29, 0.717) is 17.1 Å². The normalized spacial score (nSPS) is 11.0. The summed E-state index contributed by atoms with van der Waals surface area (Å²) in [7, 11) is -3.55. The van der Waals surface area contributed by atoms with Crippen molar-refractivity contribution in [3.63, 3.8) is 0 Å². The second-order valence-corrected chi connectivity index (χ2v) is 6.23. The van der Waals surface area contributed by atoms with Crippen molar-refractivity contribution >= 4 is 21.4 Å². The zero-order valence-electron chi connectivity index (χ0n) is 11.2. The maximum Gasteiger partial charge on any atom is 0.236 e. The smallest absolute Gasteiger partial charge is 0.236 e. The average Bonchev–Trinajstić information content (AvgIpc) is 2.38. The Kier molecular flexibility index (Phi) is 4.54. The Morgan fingerprint density at radius 2 is 1.90 bits per heavy atom. The van der Waals surface area contributed by atoms with E-state index in [1.165, 1.54) is 12.1 Å². The number of sulfonamides is 1. The van der Waals surface area contributed by atoms with Crippen LogP contribution in [0.1, 0.15) is 0 Å². The lowest BCUT2D eigenvalue weighted by Crippen LogP contribution is -2.21. The number of rotatable bonds is 6. The van der Waals surface area contributed by atoms with Crippen molar-refractivity contribution < 1.29 is 18.3 Å². The van der Waals surface area contributed by atoms with Gasteiger partial charge in [-0.15, -0.1) is 0 Å². The van der Waals surface area contributed by atoms with E-state index in [2.05, 4.69) is 4.72 Å². The fraction of sp³-hybridized carbons (Fsp3) is 0.143. The molecule has 7 heteroatoms. The molecule has 0 radical (unpaired) electrons. The van der Waals surface area contributed by atoms with E-state index in [-0.39, 0.29) is 18.1 Å². The number of nitrogen functional groups attached to an aromatic ring is 1. The number of hydrogen-bond donors (Lipinski definition) is 3. The van der Waals surface area contributed by atoms with Gasteiger partial charge < -0.3 is 15.6 Å². The van der Waals surface area contributed by atoms with E-state index in [1.54, 1.807) is 36.4 Å². The molecule has 6 nitrogen and oxygen atoms in total. The van der Waals surface area contributed by atoms with Gasteiger partial charge in [-0.3, -0.25) is 4.72 Å². The molecular weight excluding hydrogens is 292 g/mol. The van der Waals surface area contributed by atoms with Crippen LogP contribution in [-0.2, 0) is 10.0 Å². The van der Waals surface area contributed by atoms with Gasteiger partial charge in [0.2, 0.25) is 10.0 Å². The Balaban J connectivity index is 1.90. The predicted molar refractivity (Wildman–Crippen MR) is 81.9 cm³/mol. The summed E-state index contributed by atoms with van der Waals surface area (Å²) in [6, 6.07) is 12.7. The van der Waals surface area contributed by atoms with Gasteiger partial charge in [-0.05, 0) is 24.3 Å². The number of phenolic OH excluding ortho intramolecular Hbond substituents is 1. The van der Waals surface area contributed by atoms with Crippen molar-refractivity contribution in [2.75, 3.05) is 22.8 Å². The lowest BCUT2D eigenvalue weighted by atomic mass is 10.3. The first-order valence-electron chi connectivity index (χ1n) is 6.22. The maximum absolute atomic E-state index is 11.9. The number of aromatic hydroxyl groups is 1. The van der Waals surface area contributed by atoms with Crippen LogP contribution in [-0.4, -0.2) is 25.9 Å². The lowest BCUT2D eigenvalue weighted by molar-refractivity contribution is 0.341. The van der Waals surface area contributed by atoms with Crippen molar-refractivity contribution in [1.82, 2.24) is 0 Å². The molecule has 0 spiro atoms. The summed E-state index contributed by atoms with van der Waals surface area (Å²) in [4.78, 5) is 0. The van der Waals surface area contributed by atoms with Crippen molar-refractivity contribution in [1.29, 1.82) is 0 Å². The van der Waals surface area contributed by atoms with E-state index < -0.39 is 10.0 Å². The molecular formula is C14H16N2O4S. The first-order valence-corrected chi connectivity index (χ1v) is 7.88. The molecule has 112 valence electrons. The number of benzene rings is 2. The maximum atomic E-state index is 11.9. The monoisotopic (exact) mass is 308 g/mol. The predicted octanol–water partition coefficient (Wildman–Crippen LogP) is 1.80. The zero-order chi connectivity index (χ0) is 15.3. The molecule has 2 aromatic rings. The second-order valence-electron chi connectivity index (χ2n) is 4.39. The van der Waals surface area contributed by atoms with Crippen molar-refractivity contribution in [2.24, 2.45) is 0 Å². The molecule has 0 saturated heterocycles. The molecule has 0 aliphatic carbocycles. The van der Waals surface area contributed by atoms with E-state index in [4.69, 9.17) is 10.5 Å². The van der Waals surface area contributed by atoms with Gasteiger partial charge in [0, 0.05) is 17.8 Å². The Bertz CT molecular complexity index is 716. The molecule has 0 unspecified atom stereocenters. The van der Waals surface area contributed by atoms with Crippen LogP contribution in [0.2, 0.25) is 0 Å². The fourth-order valence-electron chi connectivity index (χ4n) is 1.67. The topological polar surface area (TPSA) is 102 Å². The van der Waals surface area contributed by atoms with Crippen LogP contribution in [0, 0.1) is 0 Å². The summed E-state index contributed by atoms with van der Waals surface area (Å²) in [6.45, 7) is -0.00238. The first-order chi connectivity index (χ1) is 9.94. The quantitative estimate of drug-likeness (QED) is 0.706.